The van der Waals surface area contributed by atoms with E-state index in [2.05, 4.69) is 24.4 Å². The van der Waals surface area contributed by atoms with Gasteiger partial charge in [-0.2, -0.15) is 0 Å². The Morgan fingerprint density at radius 1 is 1.03 bits per heavy atom. The second kappa shape index (κ2) is 8.58. The van der Waals surface area contributed by atoms with E-state index in [-0.39, 0.29) is 21.9 Å². The highest BCUT2D eigenvalue weighted by Gasteiger charge is 2.24. The third-order valence-corrected chi connectivity index (χ3v) is 7.18. The highest BCUT2D eigenvalue weighted by molar-refractivity contribution is 7.91. The Bertz CT molecular complexity index is 1130. The van der Waals surface area contributed by atoms with E-state index in [9.17, 15) is 12.8 Å². The van der Waals surface area contributed by atoms with Crippen LogP contribution in [0.2, 0.25) is 0 Å². The normalized spacial score (nSPS) is 17.1. The van der Waals surface area contributed by atoms with Crippen LogP contribution in [0.5, 0.6) is 5.75 Å². The molecule has 0 radical (unpaired) electrons. The summed E-state index contributed by atoms with van der Waals surface area (Å²) < 4.78 is 45.4. The summed E-state index contributed by atoms with van der Waals surface area (Å²) in [6.07, 6.45) is 1.63. The zero-order chi connectivity index (χ0) is 21.1. The average Bonchev–Trinajstić information content (AvgIpc) is 2.77. The van der Waals surface area contributed by atoms with Crippen LogP contribution in [0, 0.1) is 5.82 Å². The Labute approximate surface area is 176 Å². The first-order chi connectivity index (χ1) is 14.4. The highest BCUT2D eigenvalue weighted by Crippen LogP contribution is 2.32. The van der Waals surface area contributed by atoms with Crippen molar-refractivity contribution in [3.63, 3.8) is 0 Å². The molecule has 0 fully saturated rings. The monoisotopic (exact) mass is 425 g/mol. The molecule has 0 saturated carbocycles. The van der Waals surface area contributed by atoms with Crippen molar-refractivity contribution in [1.82, 2.24) is 5.32 Å². The predicted octanol–water partition coefficient (Wildman–Crippen LogP) is 4.70. The van der Waals surface area contributed by atoms with Crippen LogP contribution in [0.1, 0.15) is 30.5 Å². The molecule has 3 aromatic carbocycles. The lowest BCUT2D eigenvalue weighted by molar-refractivity contribution is 0.166. The number of halogens is 1. The molecule has 1 heterocycles. The summed E-state index contributed by atoms with van der Waals surface area (Å²) in [5, 5.41) is 3.49. The molecule has 0 aliphatic carbocycles. The SMILES string of the molecule is CC(NCC1CCc2ccc(S(=O)(=O)c3cccc(F)c3)cc2O1)c1ccccc1. The quantitative estimate of drug-likeness (QED) is 0.622. The van der Waals surface area contributed by atoms with Gasteiger partial charge in [-0.3, -0.25) is 0 Å². The number of ether oxygens (including phenoxy) is 1. The minimum Gasteiger partial charge on any atom is -0.489 e. The third-order valence-electron chi connectivity index (χ3n) is 5.44. The van der Waals surface area contributed by atoms with Gasteiger partial charge in [0.25, 0.3) is 0 Å². The molecule has 3 aromatic rings. The first-order valence-corrected chi connectivity index (χ1v) is 11.5. The summed E-state index contributed by atoms with van der Waals surface area (Å²) >= 11 is 0. The van der Waals surface area contributed by atoms with E-state index in [4.69, 9.17) is 4.74 Å². The van der Waals surface area contributed by atoms with Crippen molar-refractivity contribution in [3.05, 3.63) is 89.7 Å². The number of fused-ring (bicyclic) bond motifs is 1. The van der Waals surface area contributed by atoms with Crippen molar-refractivity contribution in [2.75, 3.05) is 6.54 Å². The van der Waals surface area contributed by atoms with Gasteiger partial charge in [-0.25, -0.2) is 12.8 Å². The molecule has 4 nitrogen and oxygen atoms in total. The van der Waals surface area contributed by atoms with E-state index in [0.29, 0.717) is 12.3 Å². The van der Waals surface area contributed by atoms with Crippen molar-refractivity contribution < 1.29 is 17.5 Å². The minimum atomic E-state index is -3.81. The maximum Gasteiger partial charge on any atom is 0.206 e. The van der Waals surface area contributed by atoms with Gasteiger partial charge >= 0.3 is 0 Å². The van der Waals surface area contributed by atoms with Crippen LogP contribution in [0.4, 0.5) is 4.39 Å². The molecule has 1 aliphatic rings. The molecule has 30 heavy (non-hydrogen) atoms. The maximum atomic E-state index is 13.5. The van der Waals surface area contributed by atoms with Crippen LogP contribution in [-0.4, -0.2) is 21.1 Å². The second-order valence-electron chi connectivity index (χ2n) is 7.55. The maximum absolute atomic E-state index is 13.5. The molecule has 1 aliphatic heterocycles. The smallest absolute Gasteiger partial charge is 0.206 e. The standard InChI is InChI=1S/C24H24FNO3S/c1-17(18-6-3-2-4-7-18)26-16-21-12-10-19-11-13-23(15-24(19)29-21)30(27,28)22-9-5-8-20(25)14-22/h2-9,11,13-15,17,21,26H,10,12,16H2,1H3. The Morgan fingerprint density at radius 2 is 1.80 bits per heavy atom. The second-order valence-corrected chi connectivity index (χ2v) is 9.50. The molecular weight excluding hydrogens is 401 g/mol. The molecule has 156 valence electrons. The third kappa shape index (κ3) is 4.40. The van der Waals surface area contributed by atoms with E-state index >= 15 is 0 Å². The lowest BCUT2D eigenvalue weighted by Gasteiger charge is -2.28. The van der Waals surface area contributed by atoms with Gasteiger partial charge < -0.3 is 10.1 Å². The van der Waals surface area contributed by atoms with E-state index < -0.39 is 15.7 Å². The van der Waals surface area contributed by atoms with Crippen LogP contribution >= 0.6 is 0 Å². The summed E-state index contributed by atoms with van der Waals surface area (Å²) in [7, 11) is -3.81. The van der Waals surface area contributed by atoms with Crippen molar-refractivity contribution in [3.8, 4) is 5.75 Å². The number of rotatable bonds is 6. The largest absolute Gasteiger partial charge is 0.489 e. The zero-order valence-electron chi connectivity index (χ0n) is 16.7. The van der Waals surface area contributed by atoms with Gasteiger partial charge in [-0.15, -0.1) is 0 Å². The van der Waals surface area contributed by atoms with Crippen molar-refractivity contribution in [2.24, 2.45) is 0 Å². The van der Waals surface area contributed by atoms with Gasteiger partial charge in [0.15, 0.2) is 0 Å². The molecule has 2 atom stereocenters. The van der Waals surface area contributed by atoms with Crippen LogP contribution in [-0.2, 0) is 16.3 Å². The number of benzene rings is 3. The lowest BCUT2D eigenvalue weighted by atomic mass is 10.0. The highest BCUT2D eigenvalue weighted by atomic mass is 32.2. The summed E-state index contributed by atoms with van der Waals surface area (Å²) in [5.74, 6) is 0.00171. The van der Waals surface area contributed by atoms with Gasteiger partial charge in [0.05, 0.1) is 9.79 Å². The fourth-order valence-corrected chi connectivity index (χ4v) is 4.96. The Morgan fingerprint density at radius 3 is 2.57 bits per heavy atom. The van der Waals surface area contributed by atoms with E-state index in [1.54, 1.807) is 18.2 Å². The average molecular weight is 426 g/mol. The van der Waals surface area contributed by atoms with Gasteiger partial charge in [0.2, 0.25) is 9.84 Å². The molecule has 2 unspecified atom stereocenters. The lowest BCUT2D eigenvalue weighted by Crippen LogP contribution is -2.35. The fourth-order valence-electron chi connectivity index (χ4n) is 3.65. The summed E-state index contributed by atoms with van der Waals surface area (Å²) in [5.41, 5.74) is 2.19. The van der Waals surface area contributed by atoms with Gasteiger partial charge in [-0.05, 0) is 61.2 Å². The molecule has 6 heteroatoms. The van der Waals surface area contributed by atoms with Gasteiger partial charge in [0.1, 0.15) is 17.7 Å². The van der Waals surface area contributed by atoms with E-state index in [0.717, 1.165) is 24.5 Å². The Hall–Kier alpha value is -2.70. The van der Waals surface area contributed by atoms with E-state index in [1.807, 2.05) is 18.2 Å². The molecule has 0 bridgehead atoms. The van der Waals surface area contributed by atoms with Crippen LogP contribution in [0.15, 0.2) is 82.6 Å². The molecule has 1 N–H and O–H groups in total. The topological polar surface area (TPSA) is 55.4 Å². The molecule has 0 spiro atoms. The van der Waals surface area contributed by atoms with Gasteiger partial charge in [0, 0.05) is 12.6 Å². The van der Waals surface area contributed by atoms with Crippen molar-refractivity contribution >= 4 is 9.84 Å². The van der Waals surface area contributed by atoms with Crippen LogP contribution in [0.25, 0.3) is 0 Å². The zero-order valence-corrected chi connectivity index (χ0v) is 17.5. The van der Waals surface area contributed by atoms with Crippen LogP contribution < -0.4 is 10.1 Å². The first kappa shape index (κ1) is 20.6. The van der Waals surface area contributed by atoms with E-state index in [1.165, 1.54) is 23.8 Å². The first-order valence-electron chi connectivity index (χ1n) is 10.0. The van der Waals surface area contributed by atoms with Gasteiger partial charge in [-0.1, -0.05) is 42.5 Å². The minimum absolute atomic E-state index is 0.0456. The molecule has 0 aromatic heterocycles. The molecular formula is C24H24FNO3S. The number of hydrogen-bond donors (Lipinski definition) is 1. The summed E-state index contributed by atoms with van der Waals surface area (Å²) in [4.78, 5) is 0.0475. The number of nitrogens with one attached hydrogen (secondary N) is 1. The Balaban J connectivity index is 1.48. The number of hydrogen-bond acceptors (Lipinski definition) is 4. The Kier molecular flexibility index (Phi) is 5.88. The predicted molar refractivity (Wildman–Crippen MR) is 114 cm³/mol. The molecule has 0 amide bonds. The molecule has 4 rings (SSSR count). The molecule has 0 saturated heterocycles. The van der Waals surface area contributed by atoms with Crippen molar-refractivity contribution in [1.29, 1.82) is 0 Å². The summed E-state index contributed by atoms with van der Waals surface area (Å²) in [6, 6.07) is 20.3. The van der Waals surface area contributed by atoms with Crippen LogP contribution in [0.3, 0.4) is 0 Å². The number of sulfone groups is 1. The fraction of sp³-hybridized carbons (Fsp3) is 0.250. The summed E-state index contributed by atoms with van der Waals surface area (Å²) in [6.45, 7) is 2.77. The van der Waals surface area contributed by atoms with Crippen molar-refractivity contribution in [2.45, 2.75) is 41.7 Å². The number of aryl methyl sites for hydroxylation is 1.